The molecule has 3 heteroatoms. The summed E-state index contributed by atoms with van der Waals surface area (Å²) >= 11 is 0. The predicted molar refractivity (Wildman–Crippen MR) is 74.1 cm³/mol. The molecule has 0 amide bonds. The molecular formula is C15H17NO2. The number of aliphatic carboxylic acids is 1. The second-order valence-corrected chi connectivity index (χ2v) is 4.45. The predicted octanol–water partition coefficient (Wildman–Crippen LogP) is 3.14. The van der Waals surface area contributed by atoms with E-state index in [2.05, 4.69) is 35.2 Å². The molecule has 2 aromatic rings. The van der Waals surface area contributed by atoms with Crippen LogP contribution in [0.3, 0.4) is 0 Å². The first kappa shape index (κ1) is 12.4. The van der Waals surface area contributed by atoms with Crippen molar-refractivity contribution in [3.05, 3.63) is 42.5 Å². The lowest BCUT2D eigenvalue weighted by Crippen LogP contribution is -2.19. The van der Waals surface area contributed by atoms with Crippen molar-refractivity contribution in [1.82, 2.24) is 0 Å². The molecule has 0 saturated carbocycles. The molecule has 0 bridgehead atoms. The summed E-state index contributed by atoms with van der Waals surface area (Å²) in [4.78, 5) is 12.6. The normalized spacial score (nSPS) is 10.5. The van der Waals surface area contributed by atoms with E-state index in [1.165, 1.54) is 10.8 Å². The van der Waals surface area contributed by atoms with Crippen LogP contribution in [0.1, 0.15) is 12.8 Å². The summed E-state index contributed by atoms with van der Waals surface area (Å²) in [5.41, 5.74) is 1.12. The largest absolute Gasteiger partial charge is 0.481 e. The molecule has 0 fully saturated rings. The molecule has 3 nitrogen and oxygen atoms in total. The summed E-state index contributed by atoms with van der Waals surface area (Å²) in [6, 6.07) is 14.5. The van der Waals surface area contributed by atoms with E-state index in [0.29, 0.717) is 6.42 Å². The van der Waals surface area contributed by atoms with Crippen molar-refractivity contribution >= 4 is 22.4 Å². The van der Waals surface area contributed by atoms with Crippen LogP contribution in [0, 0.1) is 0 Å². The lowest BCUT2D eigenvalue weighted by atomic mass is 10.1. The van der Waals surface area contributed by atoms with Gasteiger partial charge < -0.3 is 10.0 Å². The smallest absolute Gasteiger partial charge is 0.303 e. The van der Waals surface area contributed by atoms with Gasteiger partial charge in [-0.3, -0.25) is 4.79 Å². The Morgan fingerprint density at radius 1 is 1.17 bits per heavy atom. The second kappa shape index (κ2) is 5.54. The van der Waals surface area contributed by atoms with Crippen LogP contribution < -0.4 is 4.90 Å². The zero-order chi connectivity index (χ0) is 13.0. The minimum absolute atomic E-state index is 0.220. The van der Waals surface area contributed by atoms with Crippen LogP contribution in [0.4, 0.5) is 5.69 Å². The fourth-order valence-electron chi connectivity index (χ4n) is 2.01. The van der Waals surface area contributed by atoms with Gasteiger partial charge in [-0.05, 0) is 29.3 Å². The highest BCUT2D eigenvalue weighted by Gasteiger charge is 2.03. The number of carboxylic acids is 1. The van der Waals surface area contributed by atoms with Gasteiger partial charge in [-0.2, -0.15) is 0 Å². The summed E-state index contributed by atoms with van der Waals surface area (Å²) in [5.74, 6) is -0.734. The Kier molecular flexibility index (Phi) is 3.82. The van der Waals surface area contributed by atoms with Crippen LogP contribution in [-0.4, -0.2) is 24.7 Å². The Morgan fingerprint density at radius 2 is 1.89 bits per heavy atom. The molecule has 0 heterocycles. The first-order valence-electron chi connectivity index (χ1n) is 6.08. The summed E-state index contributed by atoms with van der Waals surface area (Å²) in [7, 11) is 1.99. The fourth-order valence-corrected chi connectivity index (χ4v) is 2.01. The highest BCUT2D eigenvalue weighted by molar-refractivity contribution is 5.85. The molecule has 1 N–H and O–H groups in total. The Balaban J connectivity index is 2.08. The average Bonchev–Trinajstić information content (AvgIpc) is 2.37. The molecule has 2 aromatic carbocycles. The van der Waals surface area contributed by atoms with E-state index in [1.54, 1.807) is 0 Å². The molecule has 0 aromatic heterocycles. The highest BCUT2D eigenvalue weighted by atomic mass is 16.4. The average molecular weight is 243 g/mol. The summed E-state index contributed by atoms with van der Waals surface area (Å²) in [6.45, 7) is 0.755. The number of anilines is 1. The maximum Gasteiger partial charge on any atom is 0.303 e. The molecule has 0 saturated heterocycles. The van der Waals surface area contributed by atoms with Crippen LogP contribution in [0.2, 0.25) is 0 Å². The van der Waals surface area contributed by atoms with Crippen molar-refractivity contribution in [3.8, 4) is 0 Å². The van der Waals surface area contributed by atoms with Gasteiger partial charge in [0, 0.05) is 25.7 Å². The van der Waals surface area contributed by atoms with Crippen molar-refractivity contribution < 1.29 is 9.90 Å². The van der Waals surface area contributed by atoms with Gasteiger partial charge in [0.1, 0.15) is 0 Å². The topological polar surface area (TPSA) is 40.5 Å². The van der Waals surface area contributed by atoms with Crippen LogP contribution >= 0.6 is 0 Å². The Morgan fingerprint density at radius 3 is 2.61 bits per heavy atom. The molecule has 0 aliphatic rings. The Bertz CT molecular complexity index is 551. The van der Waals surface area contributed by atoms with Gasteiger partial charge >= 0.3 is 5.97 Å². The lowest BCUT2D eigenvalue weighted by Gasteiger charge is -2.19. The van der Waals surface area contributed by atoms with Crippen molar-refractivity contribution in [1.29, 1.82) is 0 Å². The SMILES string of the molecule is CN(CCCC(=O)O)c1ccc2ccccc2c1. The molecule has 2 rings (SSSR count). The van der Waals surface area contributed by atoms with Gasteiger partial charge in [-0.15, -0.1) is 0 Å². The number of hydrogen-bond donors (Lipinski definition) is 1. The number of fused-ring (bicyclic) bond motifs is 1. The molecule has 0 radical (unpaired) electrons. The number of benzene rings is 2. The second-order valence-electron chi connectivity index (χ2n) is 4.45. The third-order valence-corrected chi connectivity index (χ3v) is 3.06. The molecule has 0 aliphatic heterocycles. The quantitative estimate of drug-likeness (QED) is 0.877. The van der Waals surface area contributed by atoms with Gasteiger partial charge in [0.25, 0.3) is 0 Å². The summed E-state index contributed by atoms with van der Waals surface area (Å²) < 4.78 is 0. The Hall–Kier alpha value is -2.03. The number of carbonyl (C=O) groups is 1. The molecule has 0 aliphatic carbocycles. The maximum absolute atomic E-state index is 10.5. The van der Waals surface area contributed by atoms with E-state index in [4.69, 9.17) is 5.11 Å². The number of hydrogen-bond acceptors (Lipinski definition) is 2. The zero-order valence-corrected chi connectivity index (χ0v) is 10.5. The first-order valence-corrected chi connectivity index (χ1v) is 6.08. The van der Waals surface area contributed by atoms with Crippen LogP contribution in [0.5, 0.6) is 0 Å². The number of carboxylic acid groups (broad SMARTS) is 1. The first-order chi connectivity index (χ1) is 8.66. The third-order valence-electron chi connectivity index (χ3n) is 3.06. The van der Waals surface area contributed by atoms with Crippen LogP contribution in [-0.2, 0) is 4.79 Å². The highest BCUT2D eigenvalue weighted by Crippen LogP contribution is 2.21. The zero-order valence-electron chi connectivity index (χ0n) is 10.5. The molecule has 0 unspecified atom stereocenters. The minimum atomic E-state index is -0.734. The van der Waals surface area contributed by atoms with Crippen molar-refractivity contribution in [2.45, 2.75) is 12.8 Å². The van der Waals surface area contributed by atoms with Gasteiger partial charge in [-0.1, -0.05) is 30.3 Å². The summed E-state index contributed by atoms with van der Waals surface area (Å²) in [5, 5.41) is 11.1. The standard InChI is InChI=1S/C15H17NO2/c1-16(10-4-7-15(17)18)14-9-8-12-5-2-3-6-13(12)11-14/h2-3,5-6,8-9,11H,4,7,10H2,1H3,(H,17,18). The van der Waals surface area contributed by atoms with E-state index in [-0.39, 0.29) is 6.42 Å². The fraction of sp³-hybridized carbons (Fsp3) is 0.267. The minimum Gasteiger partial charge on any atom is -0.481 e. The molecular weight excluding hydrogens is 226 g/mol. The van der Waals surface area contributed by atoms with E-state index < -0.39 is 5.97 Å². The third kappa shape index (κ3) is 3.00. The van der Waals surface area contributed by atoms with E-state index in [1.807, 2.05) is 19.2 Å². The van der Waals surface area contributed by atoms with Crippen LogP contribution in [0.25, 0.3) is 10.8 Å². The lowest BCUT2D eigenvalue weighted by molar-refractivity contribution is -0.137. The number of rotatable bonds is 5. The van der Waals surface area contributed by atoms with E-state index in [9.17, 15) is 4.79 Å². The molecule has 0 spiro atoms. The van der Waals surface area contributed by atoms with E-state index >= 15 is 0 Å². The van der Waals surface area contributed by atoms with Crippen LogP contribution in [0.15, 0.2) is 42.5 Å². The summed E-state index contributed by atoms with van der Waals surface area (Å²) in [6.07, 6.45) is 0.885. The van der Waals surface area contributed by atoms with Crippen molar-refractivity contribution in [2.24, 2.45) is 0 Å². The monoisotopic (exact) mass is 243 g/mol. The Labute approximate surface area is 107 Å². The van der Waals surface area contributed by atoms with E-state index in [0.717, 1.165) is 12.2 Å². The van der Waals surface area contributed by atoms with Gasteiger partial charge in [0.15, 0.2) is 0 Å². The molecule has 18 heavy (non-hydrogen) atoms. The van der Waals surface area contributed by atoms with Gasteiger partial charge in [-0.25, -0.2) is 0 Å². The number of nitrogens with zero attached hydrogens (tertiary/aromatic N) is 1. The van der Waals surface area contributed by atoms with Crippen molar-refractivity contribution in [2.75, 3.05) is 18.5 Å². The van der Waals surface area contributed by atoms with Gasteiger partial charge in [0.2, 0.25) is 0 Å². The maximum atomic E-state index is 10.5. The molecule has 0 atom stereocenters. The van der Waals surface area contributed by atoms with Crippen molar-refractivity contribution in [3.63, 3.8) is 0 Å². The van der Waals surface area contributed by atoms with Gasteiger partial charge in [0.05, 0.1) is 0 Å². The molecule has 94 valence electrons.